The van der Waals surface area contributed by atoms with E-state index in [-0.39, 0.29) is 11.5 Å². The molecule has 0 radical (unpaired) electrons. The number of phenols is 2. The summed E-state index contributed by atoms with van der Waals surface area (Å²) in [6.45, 7) is 0. The molecule has 0 spiro atoms. The second-order valence-electron chi connectivity index (χ2n) is 5.80. The largest absolute Gasteiger partial charge is 0.507 e. The molecule has 4 aromatic rings. The second-order valence-corrected chi connectivity index (χ2v) is 6.83. The Balaban J connectivity index is 1.98. The zero-order chi connectivity index (χ0) is 16.8. The van der Waals surface area contributed by atoms with Gasteiger partial charge in [-0.25, -0.2) is 0 Å². The molecule has 0 saturated carbocycles. The molecule has 4 rings (SSSR count). The van der Waals surface area contributed by atoms with E-state index in [1.54, 1.807) is 12.1 Å². The quantitative estimate of drug-likeness (QED) is 0.335. The van der Waals surface area contributed by atoms with E-state index in [1.807, 2.05) is 48.5 Å². The molecule has 0 amide bonds. The van der Waals surface area contributed by atoms with Gasteiger partial charge in [0.1, 0.15) is 11.5 Å². The third-order valence-corrected chi connectivity index (χ3v) is 4.72. The minimum Gasteiger partial charge on any atom is -0.507 e. The minimum atomic E-state index is 0.127. The first-order valence-corrected chi connectivity index (χ1v) is 8.32. The highest BCUT2D eigenvalue weighted by molar-refractivity contribution is 7.80. The first-order chi connectivity index (χ1) is 11.5. The van der Waals surface area contributed by atoms with Crippen LogP contribution in [0.25, 0.3) is 32.7 Å². The summed E-state index contributed by atoms with van der Waals surface area (Å²) in [6, 6.07) is 18.7. The molecule has 24 heavy (non-hydrogen) atoms. The smallest absolute Gasteiger partial charge is 0.124 e. The molecule has 2 N–H and O–H groups in total. The van der Waals surface area contributed by atoms with Gasteiger partial charge < -0.3 is 10.2 Å². The lowest BCUT2D eigenvalue weighted by atomic mass is 9.97. The second kappa shape index (κ2) is 5.65. The lowest BCUT2D eigenvalue weighted by molar-refractivity contribution is 0.470. The van der Waals surface area contributed by atoms with Crippen molar-refractivity contribution in [2.45, 2.75) is 9.79 Å². The Kier molecular flexibility index (Phi) is 3.59. The lowest BCUT2D eigenvalue weighted by Crippen LogP contribution is -1.84. The number of aromatic hydroxyl groups is 2. The maximum Gasteiger partial charge on any atom is 0.124 e. The van der Waals surface area contributed by atoms with Crippen molar-refractivity contribution in [3.63, 3.8) is 0 Å². The van der Waals surface area contributed by atoms with Gasteiger partial charge in [-0.05, 0) is 70.1 Å². The predicted molar refractivity (Wildman–Crippen MR) is 105 cm³/mol. The molecule has 4 aromatic carbocycles. The highest BCUT2D eigenvalue weighted by Crippen LogP contribution is 2.40. The van der Waals surface area contributed by atoms with Gasteiger partial charge in [0.25, 0.3) is 0 Å². The highest BCUT2D eigenvalue weighted by atomic mass is 32.1. The zero-order valence-electron chi connectivity index (χ0n) is 12.6. The number of hydrogen-bond acceptors (Lipinski definition) is 4. The van der Waals surface area contributed by atoms with Gasteiger partial charge in [0.2, 0.25) is 0 Å². The molecule has 0 aliphatic rings. The minimum absolute atomic E-state index is 0.127. The molecule has 0 saturated heterocycles. The van der Waals surface area contributed by atoms with Crippen LogP contribution >= 0.6 is 25.3 Å². The van der Waals surface area contributed by atoms with Crippen molar-refractivity contribution in [1.82, 2.24) is 0 Å². The fourth-order valence-corrected chi connectivity index (χ4v) is 3.40. The van der Waals surface area contributed by atoms with Gasteiger partial charge in [0.15, 0.2) is 0 Å². The molecule has 4 heteroatoms. The van der Waals surface area contributed by atoms with Gasteiger partial charge in [-0.3, -0.25) is 0 Å². The normalized spacial score (nSPS) is 11.2. The van der Waals surface area contributed by atoms with Crippen LogP contribution in [-0.4, -0.2) is 10.2 Å². The molecule has 0 atom stereocenters. The molecule has 0 heterocycles. The number of fused-ring (bicyclic) bond motifs is 2. The molecular formula is C20H14O2S2. The fraction of sp³-hybridized carbons (Fsp3) is 0. The molecular weight excluding hydrogens is 336 g/mol. The van der Waals surface area contributed by atoms with Crippen molar-refractivity contribution in [2.24, 2.45) is 0 Å². The molecule has 0 unspecified atom stereocenters. The van der Waals surface area contributed by atoms with Crippen LogP contribution in [0.4, 0.5) is 0 Å². The Bertz CT molecular complexity index is 1010. The van der Waals surface area contributed by atoms with E-state index in [2.05, 4.69) is 25.3 Å². The molecule has 0 fully saturated rings. The van der Waals surface area contributed by atoms with Crippen molar-refractivity contribution in [1.29, 1.82) is 0 Å². The number of thiol groups is 2. The van der Waals surface area contributed by atoms with Gasteiger partial charge in [0.05, 0.1) is 0 Å². The van der Waals surface area contributed by atoms with Crippen LogP contribution in [0.15, 0.2) is 70.5 Å². The van der Waals surface area contributed by atoms with Gasteiger partial charge >= 0.3 is 0 Å². The van der Waals surface area contributed by atoms with E-state index in [9.17, 15) is 10.2 Å². The molecule has 0 aromatic heterocycles. The predicted octanol–water partition coefficient (Wildman–Crippen LogP) is 5.65. The average molecular weight is 350 g/mol. The summed E-state index contributed by atoms with van der Waals surface area (Å²) in [4.78, 5) is 1.68. The molecule has 0 aliphatic heterocycles. The van der Waals surface area contributed by atoms with E-state index < -0.39 is 0 Å². The zero-order valence-corrected chi connectivity index (χ0v) is 14.4. The van der Waals surface area contributed by atoms with Crippen LogP contribution in [0, 0.1) is 0 Å². The maximum absolute atomic E-state index is 10.4. The summed E-state index contributed by atoms with van der Waals surface area (Å²) in [6.07, 6.45) is 0. The standard InChI is InChI=1S/C20H14O2S2/c21-19-9-13-5-15(23)3-1-11(13)7-17(19)18-8-12-2-4-16(24)6-14(12)10-20(18)22/h1-10,21-24H. The van der Waals surface area contributed by atoms with Gasteiger partial charge in [-0.2, -0.15) is 0 Å². The van der Waals surface area contributed by atoms with Gasteiger partial charge in [-0.15, -0.1) is 25.3 Å². The first-order valence-electron chi connectivity index (χ1n) is 7.43. The van der Waals surface area contributed by atoms with Crippen molar-refractivity contribution < 1.29 is 10.2 Å². The molecule has 0 bridgehead atoms. The number of rotatable bonds is 1. The van der Waals surface area contributed by atoms with Crippen LogP contribution in [0.3, 0.4) is 0 Å². The van der Waals surface area contributed by atoms with Crippen LogP contribution in [0.2, 0.25) is 0 Å². The summed E-state index contributed by atoms with van der Waals surface area (Å²) in [5.41, 5.74) is 1.20. The Labute approximate surface area is 150 Å². The van der Waals surface area contributed by atoms with E-state index in [1.165, 1.54) is 0 Å². The summed E-state index contributed by atoms with van der Waals surface area (Å²) >= 11 is 8.65. The fourth-order valence-electron chi connectivity index (χ4n) is 2.98. The van der Waals surface area contributed by atoms with Crippen LogP contribution in [0.1, 0.15) is 0 Å². The van der Waals surface area contributed by atoms with Crippen LogP contribution in [-0.2, 0) is 0 Å². The Morgan fingerprint density at radius 2 is 0.917 bits per heavy atom. The van der Waals surface area contributed by atoms with E-state index in [0.29, 0.717) is 11.1 Å². The SMILES string of the molecule is Oc1cc2cc(S)ccc2cc1-c1cc2ccc(S)cc2cc1O. The summed E-state index contributed by atoms with van der Waals surface area (Å²) in [5.74, 6) is 0.254. The number of hydrogen-bond donors (Lipinski definition) is 4. The molecule has 2 nitrogen and oxygen atoms in total. The Hall–Kier alpha value is -2.30. The van der Waals surface area contributed by atoms with Crippen molar-refractivity contribution >= 4 is 46.8 Å². The average Bonchev–Trinajstić information content (AvgIpc) is 2.53. The maximum atomic E-state index is 10.4. The number of phenolic OH excluding ortho intramolecular Hbond substituents is 2. The van der Waals surface area contributed by atoms with Crippen molar-refractivity contribution in [2.75, 3.05) is 0 Å². The highest BCUT2D eigenvalue weighted by Gasteiger charge is 2.12. The van der Waals surface area contributed by atoms with Gasteiger partial charge in [0, 0.05) is 20.9 Å². The van der Waals surface area contributed by atoms with Crippen LogP contribution < -0.4 is 0 Å². The Morgan fingerprint density at radius 1 is 0.500 bits per heavy atom. The molecule has 0 aliphatic carbocycles. The lowest BCUT2D eigenvalue weighted by Gasteiger charge is -2.11. The Morgan fingerprint density at radius 3 is 1.33 bits per heavy atom. The van der Waals surface area contributed by atoms with E-state index in [4.69, 9.17) is 0 Å². The monoisotopic (exact) mass is 350 g/mol. The third kappa shape index (κ3) is 2.58. The molecule has 118 valence electrons. The van der Waals surface area contributed by atoms with E-state index in [0.717, 1.165) is 31.3 Å². The summed E-state index contributed by atoms with van der Waals surface area (Å²) in [7, 11) is 0. The van der Waals surface area contributed by atoms with Crippen molar-refractivity contribution in [3.8, 4) is 22.6 Å². The van der Waals surface area contributed by atoms with Crippen LogP contribution in [0.5, 0.6) is 11.5 Å². The van der Waals surface area contributed by atoms with Crippen molar-refractivity contribution in [3.05, 3.63) is 60.7 Å². The summed E-state index contributed by atoms with van der Waals surface area (Å²) in [5, 5.41) is 24.7. The van der Waals surface area contributed by atoms with Gasteiger partial charge in [-0.1, -0.05) is 12.1 Å². The van der Waals surface area contributed by atoms with E-state index >= 15 is 0 Å². The summed E-state index contributed by atoms with van der Waals surface area (Å²) < 4.78 is 0. The first kappa shape index (κ1) is 15.2. The topological polar surface area (TPSA) is 40.5 Å². The number of benzene rings is 4. The third-order valence-electron chi connectivity index (χ3n) is 4.17.